The van der Waals surface area contributed by atoms with E-state index in [-0.39, 0.29) is 17.4 Å². The third kappa shape index (κ3) is 5.44. The lowest BCUT2D eigenvalue weighted by Gasteiger charge is -2.19. The van der Waals surface area contributed by atoms with E-state index in [0.29, 0.717) is 55.5 Å². The number of nitrogens with one attached hydrogen (secondary N) is 2. The van der Waals surface area contributed by atoms with Crippen molar-refractivity contribution in [2.75, 3.05) is 46.4 Å². The number of amides is 1. The van der Waals surface area contributed by atoms with Gasteiger partial charge in [-0.3, -0.25) is 9.59 Å². The van der Waals surface area contributed by atoms with Crippen LogP contribution in [0.15, 0.2) is 29.1 Å². The van der Waals surface area contributed by atoms with Crippen molar-refractivity contribution in [1.29, 1.82) is 0 Å². The number of hydrogen-bond acceptors (Lipinski definition) is 7. The van der Waals surface area contributed by atoms with Gasteiger partial charge in [0.25, 0.3) is 0 Å². The number of carbonyl (C=O) groups excluding carboxylic acids is 1. The number of methoxy groups -OCH3 is 3. The summed E-state index contributed by atoms with van der Waals surface area (Å²) in [6.07, 6.45) is 2.07. The van der Waals surface area contributed by atoms with Crippen LogP contribution in [-0.4, -0.2) is 47.0 Å². The molecule has 3 rings (SSSR count). The van der Waals surface area contributed by atoms with E-state index in [1.54, 1.807) is 33.5 Å². The molecule has 34 heavy (non-hydrogen) atoms. The zero-order valence-corrected chi connectivity index (χ0v) is 20.6. The van der Waals surface area contributed by atoms with E-state index in [1.807, 2.05) is 19.1 Å². The Labute approximate surface area is 200 Å². The van der Waals surface area contributed by atoms with Crippen molar-refractivity contribution in [3.63, 3.8) is 0 Å². The molecule has 0 radical (unpaired) electrons. The van der Waals surface area contributed by atoms with Gasteiger partial charge in [-0.05, 0) is 61.1 Å². The van der Waals surface area contributed by atoms with Gasteiger partial charge in [-0.2, -0.15) is 0 Å². The summed E-state index contributed by atoms with van der Waals surface area (Å²) >= 11 is 0. The van der Waals surface area contributed by atoms with E-state index in [2.05, 4.69) is 10.6 Å². The molecule has 2 aromatic carbocycles. The van der Waals surface area contributed by atoms with E-state index in [1.165, 1.54) is 6.92 Å². The number of rotatable bonds is 10. The summed E-state index contributed by atoms with van der Waals surface area (Å²) in [4.78, 5) is 25.2. The van der Waals surface area contributed by atoms with Gasteiger partial charge in [0.15, 0.2) is 11.5 Å². The minimum atomic E-state index is -0.326. The molecule has 2 aromatic rings. The molecule has 2 N–H and O–H groups in total. The van der Waals surface area contributed by atoms with Gasteiger partial charge in [-0.25, -0.2) is 0 Å². The molecule has 8 heteroatoms. The summed E-state index contributed by atoms with van der Waals surface area (Å²) in [5.41, 5.74) is 3.73. The maximum Gasteiger partial charge on any atom is 0.217 e. The van der Waals surface area contributed by atoms with Gasteiger partial charge >= 0.3 is 0 Å². The minimum absolute atomic E-state index is 0.143. The van der Waals surface area contributed by atoms with E-state index < -0.39 is 0 Å². The molecular formula is C26H34N2O6. The van der Waals surface area contributed by atoms with Gasteiger partial charge in [-0.1, -0.05) is 6.07 Å². The quantitative estimate of drug-likeness (QED) is 0.511. The molecule has 0 spiro atoms. The SMILES string of the molecule is CCOCCCNc1ccc2c(cc1=O)C(NC(C)=O)CCc1cc(OC)c(OC)c(OC)c1-2. The smallest absolute Gasteiger partial charge is 0.217 e. The predicted octanol–water partition coefficient (Wildman–Crippen LogP) is 3.70. The minimum Gasteiger partial charge on any atom is -0.493 e. The number of carbonyl (C=O) groups is 1. The van der Waals surface area contributed by atoms with Crippen LogP contribution >= 0.6 is 0 Å². The molecule has 1 aliphatic carbocycles. The van der Waals surface area contributed by atoms with Crippen LogP contribution in [0.2, 0.25) is 0 Å². The average molecular weight is 471 g/mol. The van der Waals surface area contributed by atoms with E-state index >= 15 is 0 Å². The number of fused-ring (bicyclic) bond motifs is 3. The van der Waals surface area contributed by atoms with Gasteiger partial charge in [0.05, 0.1) is 33.1 Å². The summed E-state index contributed by atoms with van der Waals surface area (Å²) in [6.45, 7) is 5.35. The molecule has 0 heterocycles. The third-order valence-electron chi connectivity index (χ3n) is 5.90. The first-order chi connectivity index (χ1) is 16.4. The van der Waals surface area contributed by atoms with Crippen molar-refractivity contribution < 1.29 is 23.7 Å². The summed E-state index contributed by atoms with van der Waals surface area (Å²) in [5, 5.41) is 6.24. The molecule has 1 aliphatic rings. The Hall–Kier alpha value is -3.26. The van der Waals surface area contributed by atoms with Crippen LogP contribution in [-0.2, 0) is 16.0 Å². The molecule has 0 aromatic heterocycles. The highest BCUT2D eigenvalue weighted by molar-refractivity contribution is 5.83. The Bertz CT molecular complexity index is 1090. The van der Waals surface area contributed by atoms with Crippen molar-refractivity contribution in [3.05, 3.63) is 45.6 Å². The fourth-order valence-electron chi connectivity index (χ4n) is 4.40. The number of hydrogen-bond donors (Lipinski definition) is 2. The maximum absolute atomic E-state index is 13.2. The molecule has 0 aliphatic heterocycles. The Balaban J connectivity index is 2.19. The molecule has 0 saturated carbocycles. The molecule has 1 atom stereocenters. The largest absolute Gasteiger partial charge is 0.493 e. The highest BCUT2D eigenvalue weighted by Crippen LogP contribution is 2.50. The zero-order valence-electron chi connectivity index (χ0n) is 20.6. The lowest BCUT2D eigenvalue weighted by atomic mass is 9.95. The summed E-state index contributed by atoms with van der Waals surface area (Å²) in [5.74, 6) is 1.43. The zero-order chi connectivity index (χ0) is 24.7. The Morgan fingerprint density at radius 2 is 1.85 bits per heavy atom. The standard InChI is InChI=1S/C26H34N2O6/c1-6-34-13-7-12-27-21-11-9-18-19(15-22(21)30)20(28-16(2)29)10-8-17-14-23(31-3)25(32-4)26(33-5)24(17)18/h9,11,14-15,20H,6-8,10,12-13H2,1-5H3,(H,27,30)(H,28,29). The first-order valence-electron chi connectivity index (χ1n) is 11.5. The van der Waals surface area contributed by atoms with Crippen LogP contribution < -0.4 is 30.3 Å². The number of anilines is 1. The van der Waals surface area contributed by atoms with Crippen LogP contribution in [0.25, 0.3) is 11.1 Å². The lowest BCUT2D eigenvalue weighted by molar-refractivity contribution is -0.119. The van der Waals surface area contributed by atoms with Crippen LogP contribution in [0, 0.1) is 0 Å². The second-order valence-electron chi connectivity index (χ2n) is 8.07. The first kappa shape index (κ1) is 25.4. The second-order valence-corrected chi connectivity index (χ2v) is 8.07. The third-order valence-corrected chi connectivity index (χ3v) is 5.90. The van der Waals surface area contributed by atoms with Crippen LogP contribution in [0.5, 0.6) is 17.2 Å². The van der Waals surface area contributed by atoms with Crippen molar-refractivity contribution in [2.24, 2.45) is 0 Å². The van der Waals surface area contributed by atoms with Gasteiger partial charge in [-0.15, -0.1) is 0 Å². The van der Waals surface area contributed by atoms with Crippen LogP contribution in [0.4, 0.5) is 5.69 Å². The van der Waals surface area contributed by atoms with Crippen molar-refractivity contribution >= 4 is 11.6 Å². The highest BCUT2D eigenvalue weighted by atomic mass is 16.5. The molecule has 1 amide bonds. The predicted molar refractivity (Wildman–Crippen MR) is 132 cm³/mol. The number of benzene rings is 1. The molecule has 8 nitrogen and oxygen atoms in total. The van der Waals surface area contributed by atoms with Crippen molar-refractivity contribution in [3.8, 4) is 28.4 Å². The first-order valence-corrected chi connectivity index (χ1v) is 11.5. The molecule has 1 unspecified atom stereocenters. The normalized spacial score (nSPS) is 14.3. The second kappa shape index (κ2) is 11.7. The fraction of sp³-hybridized carbons (Fsp3) is 0.462. The van der Waals surface area contributed by atoms with Gasteiger partial charge in [0, 0.05) is 32.2 Å². The molecule has 0 bridgehead atoms. The Kier molecular flexibility index (Phi) is 8.76. The lowest BCUT2D eigenvalue weighted by Crippen LogP contribution is -2.26. The Morgan fingerprint density at radius 3 is 2.50 bits per heavy atom. The highest BCUT2D eigenvalue weighted by Gasteiger charge is 2.29. The topological polar surface area (TPSA) is 95.1 Å². The Morgan fingerprint density at radius 1 is 1.09 bits per heavy atom. The van der Waals surface area contributed by atoms with E-state index in [0.717, 1.165) is 28.7 Å². The van der Waals surface area contributed by atoms with Gasteiger partial charge in [0.1, 0.15) is 0 Å². The summed E-state index contributed by atoms with van der Waals surface area (Å²) in [6, 6.07) is 6.93. The van der Waals surface area contributed by atoms with Crippen LogP contribution in [0.3, 0.4) is 0 Å². The fourth-order valence-corrected chi connectivity index (χ4v) is 4.40. The molecule has 0 saturated heterocycles. The summed E-state index contributed by atoms with van der Waals surface area (Å²) in [7, 11) is 4.73. The molecular weight excluding hydrogens is 436 g/mol. The van der Waals surface area contributed by atoms with E-state index in [9.17, 15) is 9.59 Å². The van der Waals surface area contributed by atoms with Gasteiger partial charge in [0.2, 0.25) is 17.1 Å². The molecule has 0 fully saturated rings. The number of aryl methyl sites for hydroxylation is 1. The maximum atomic E-state index is 13.2. The molecule has 184 valence electrons. The monoisotopic (exact) mass is 470 g/mol. The van der Waals surface area contributed by atoms with E-state index in [4.69, 9.17) is 18.9 Å². The van der Waals surface area contributed by atoms with Gasteiger partial charge < -0.3 is 29.6 Å². The van der Waals surface area contributed by atoms with Crippen molar-refractivity contribution in [2.45, 2.75) is 39.2 Å². The van der Waals surface area contributed by atoms with Crippen LogP contribution in [0.1, 0.15) is 43.9 Å². The summed E-state index contributed by atoms with van der Waals surface area (Å²) < 4.78 is 22.3. The van der Waals surface area contributed by atoms with Crippen molar-refractivity contribution in [1.82, 2.24) is 5.32 Å². The average Bonchev–Trinajstić information content (AvgIpc) is 3.06. The number of ether oxygens (including phenoxy) is 4.